The average Bonchev–Trinajstić information content (AvgIpc) is 2.83. The van der Waals surface area contributed by atoms with E-state index in [0.29, 0.717) is 43.1 Å². The molecular formula is C23H25N3O5S. The quantitative estimate of drug-likeness (QED) is 0.673. The minimum atomic E-state index is -0.804. The van der Waals surface area contributed by atoms with Gasteiger partial charge in [0, 0.05) is 35.7 Å². The van der Waals surface area contributed by atoms with E-state index >= 15 is 0 Å². The van der Waals surface area contributed by atoms with Crippen LogP contribution in [-0.4, -0.2) is 55.2 Å². The average molecular weight is 456 g/mol. The lowest BCUT2D eigenvalue weighted by molar-refractivity contribution is -0.136. The lowest BCUT2D eigenvalue weighted by Gasteiger charge is -2.34. The van der Waals surface area contributed by atoms with Gasteiger partial charge in [-0.3, -0.25) is 14.4 Å². The van der Waals surface area contributed by atoms with Gasteiger partial charge in [-0.15, -0.1) is 11.8 Å². The number of carbonyl (C=O) groups excluding carboxylic acids is 3. The van der Waals surface area contributed by atoms with Crippen LogP contribution in [0.4, 0.5) is 11.4 Å². The van der Waals surface area contributed by atoms with Gasteiger partial charge in [0.25, 0.3) is 0 Å². The Hall–Kier alpha value is -3.20. The molecule has 1 saturated heterocycles. The Kier molecular flexibility index (Phi) is 6.55. The first kappa shape index (κ1) is 22.0. The molecule has 0 aromatic heterocycles. The van der Waals surface area contributed by atoms with Gasteiger partial charge in [0.15, 0.2) is 16.7 Å². The van der Waals surface area contributed by atoms with Crippen LogP contribution in [0.15, 0.2) is 47.4 Å². The molecule has 1 atom stereocenters. The fraction of sp³-hybridized carbons (Fsp3) is 0.348. The molecule has 9 heteroatoms. The lowest BCUT2D eigenvalue weighted by Crippen LogP contribution is -2.48. The molecule has 0 saturated carbocycles. The van der Waals surface area contributed by atoms with Gasteiger partial charge < -0.3 is 25.0 Å². The number of fused-ring (bicyclic) bond motifs is 1. The van der Waals surface area contributed by atoms with Crippen LogP contribution in [0.25, 0.3) is 0 Å². The highest BCUT2D eigenvalue weighted by Gasteiger charge is 2.37. The lowest BCUT2D eigenvalue weighted by atomic mass is 9.95. The summed E-state index contributed by atoms with van der Waals surface area (Å²) in [5, 5.41) is 4.92. The SMILES string of the molecule is COc1ccc(NC(=O)C2CCN(C(=O)[C@@H]3Sc4ccccc4NC3=O)CC2)cc1OC. The number of nitrogens with one attached hydrogen (secondary N) is 2. The van der Waals surface area contributed by atoms with E-state index in [4.69, 9.17) is 9.47 Å². The molecule has 0 spiro atoms. The molecule has 1 fully saturated rings. The Morgan fingerprint density at radius 2 is 1.78 bits per heavy atom. The van der Waals surface area contributed by atoms with E-state index < -0.39 is 5.25 Å². The predicted octanol–water partition coefficient (Wildman–Crippen LogP) is 2.99. The topological polar surface area (TPSA) is 97.0 Å². The van der Waals surface area contributed by atoms with Crippen molar-refractivity contribution in [1.82, 2.24) is 4.90 Å². The van der Waals surface area contributed by atoms with Crippen LogP contribution in [0, 0.1) is 5.92 Å². The number of rotatable bonds is 5. The number of hydrogen-bond donors (Lipinski definition) is 2. The number of ether oxygens (including phenoxy) is 2. The molecule has 2 aromatic rings. The van der Waals surface area contributed by atoms with Crippen molar-refractivity contribution < 1.29 is 23.9 Å². The summed E-state index contributed by atoms with van der Waals surface area (Å²) in [4.78, 5) is 40.7. The maximum absolute atomic E-state index is 13.0. The Labute approximate surface area is 190 Å². The standard InChI is InChI=1S/C23H25N3O5S/c1-30-17-8-7-15(13-18(17)31-2)24-21(27)14-9-11-26(12-10-14)23(29)20-22(28)25-16-5-3-4-6-19(16)32-20/h3-8,13-14,20H,9-12H2,1-2H3,(H,24,27)(H,25,28)/t20-/m1/s1. The maximum atomic E-state index is 13.0. The van der Waals surface area contributed by atoms with Crippen molar-refractivity contribution in [2.24, 2.45) is 5.92 Å². The van der Waals surface area contributed by atoms with Gasteiger partial charge in [-0.25, -0.2) is 0 Å². The van der Waals surface area contributed by atoms with E-state index in [1.54, 1.807) is 37.3 Å². The van der Waals surface area contributed by atoms with Crippen molar-refractivity contribution in [3.8, 4) is 11.5 Å². The minimum Gasteiger partial charge on any atom is -0.493 e. The summed E-state index contributed by atoms with van der Waals surface area (Å²) >= 11 is 1.28. The second-order valence-electron chi connectivity index (χ2n) is 7.64. The zero-order valence-corrected chi connectivity index (χ0v) is 18.7. The molecule has 2 aliphatic rings. The van der Waals surface area contributed by atoms with Crippen molar-refractivity contribution >= 4 is 40.9 Å². The minimum absolute atomic E-state index is 0.0944. The largest absolute Gasteiger partial charge is 0.493 e. The molecule has 2 aliphatic heterocycles. The third-order valence-corrected chi connectivity index (χ3v) is 6.94. The van der Waals surface area contributed by atoms with Crippen LogP contribution >= 0.6 is 11.8 Å². The van der Waals surface area contributed by atoms with E-state index in [9.17, 15) is 14.4 Å². The van der Waals surface area contributed by atoms with Crippen LogP contribution in [0.1, 0.15) is 12.8 Å². The molecule has 0 aliphatic carbocycles. The molecule has 0 bridgehead atoms. The van der Waals surface area contributed by atoms with Crippen LogP contribution in [-0.2, 0) is 14.4 Å². The molecular weight excluding hydrogens is 430 g/mol. The van der Waals surface area contributed by atoms with E-state index in [-0.39, 0.29) is 23.6 Å². The van der Waals surface area contributed by atoms with Gasteiger partial charge in [0.05, 0.1) is 19.9 Å². The molecule has 4 rings (SSSR count). The third kappa shape index (κ3) is 4.52. The van der Waals surface area contributed by atoms with Crippen molar-refractivity contribution in [3.05, 3.63) is 42.5 Å². The first-order chi connectivity index (χ1) is 15.5. The Bertz CT molecular complexity index is 1040. The van der Waals surface area contributed by atoms with Crippen molar-refractivity contribution in [1.29, 1.82) is 0 Å². The van der Waals surface area contributed by atoms with Gasteiger partial charge in [-0.2, -0.15) is 0 Å². The summed E-state index contributed by atoms with van der Waals surface area (Å²) in [7, 11) is 3.10. The number of anilines is 2. The fourth-order valence-electron chi connectivity index (χ4n) is 3.90. The molecule has 2 heterocycles. The zero-order chi connectivity index (χ0) is 22.7. The summed E-state index contributed by atoms with van der Waals surface area (Å²) in [6.45, 7) is 0.879. The Morgan fingerprint density at radius 1 is 1.06 bits per heavy atom. The van der Waals surface area contributed by atoms with E-state index in [0.717, 1.165) is 10.6 Å². The zero-order valence-electron chi connectivity index (χ0n) is 17.9. The number of methoxy groups -OCH3 is 2. The molecule has 32 heavy (non-hydrogen) atoms. The van der Waals surface area contributed by atoms with Crippen LogP contribution in [0.2, 0.25) is 0 Å². The van der Waals surface area contributed by atoms with E-state index in [1.165, 1.54) is 11.8 Å². The van der Waals surface area contributed by atoms with Crippen molar-refractivity contribution in [3.63, 3.8) is 0 Å². The van der Waals surface area contributed by atoms with E-state index in [2.05, 4.69) is 10.6 Å². The number of thioether (sulfide) groups is 1. The van der Waals surface area contributed by atoms with E-state index in [1.807, 2.05) is 24.3 Å². The Morgan fingerprint density at radius 3 is 2.50 bits per heavy atom. The van der Waals surface area contributed by atoms with Crippen molar-refractivity contribution in [2.45, 2.75) is 23.0 Å². The number of hydrogen-bond acceptors (Lipinski definition) is 6. The number of likely N-dealkylation sites (tertiary alicyclic amines) is 1. The fourth-order valence-corrected chi connectivity index (χ4v) is 4.97. The summed E-state index contributed by atoms with van der Waals surface area (Å²) in [6.07, 6.45) is 1.08. The number of benzene rings is 2. The maximum Gasteiger partial charge on any atom is 0.247 e. The second-order valence-corrected chi connectivity index (χ2v) is 8.79. The molecule has 3 amide bonds. The number of piperidine rings is 1. The monoisotopic (exact) mass is 455 g/mol. The number of carbonyl (C=O) groups is 3. The molecule has 2 N–H and O–H groups in total. The number of para-hydroxylation sites is 1. The molecule has 0 unspecified atom stereocenters. The normalized spacial score (nSPS) is 18.4. The number of amides is 3. The predicted molar refractivity (Wildman–Crippen MR) is 122 cm³/mol. The van der Waals surface area contributed by atoms with Crippen molar-refractivity contribution in [2.75, 3.05) is 37.9 Å². The highest BCUT2D eigenvalue weighted by molar-refractivity contribution is 8.01. The summed E-state index contributed by atoms with van der Waals surface area (Å²) in [6, 6.07) is 12.7. The summed E-state index contributed by atoms with van der Waals surface area (Å²) in [5.74, 6) is 0.316. The highest BCUT2D eigenvalue weighted by atomic mass is 32.2. The van der Waals surface area contributed by atoms with Gasteiger partial charge in [-0.05, 0) is 37.1 Å². The number of nitrogens with zero attached hydrogens (tertiary/aromatic N) is 1. The van der Waals surface area contributed by atoms with Crippen LogP contribution in [0.5, 0.6) is 11.5 Å². The first-order valence-corrected chi connectivity index (χ1v) is 11.3. The summed E-state index contributed by atoms with van der Waals surface area (Å²) in [5.41, 5.74) is 1.36. The smallest absolute Gasteiger partial charge is 0.247 e. The third-order valence-electron chi connectivity index (χ3n) is 5.68. The summed E-state index contributed by atoms with van der Waals surface area (Å²) < 4.78 is 10.5. The molecule has 0 radical (unpaired) electrons. The second kappa shape index (κ2) is 9.52. The van der Waals surface area contributed by atoms with Gasteiger partial charge in [0.1, 0.15) is 0 Å². The molecule has 8 nitrogen and oxygen atoms in total. The van der Waals surface area contributed by atoms with Gasteiger partial charge >= 0.3 is 0 Å². The van der Waals surface area contributed by atoms with Gasteiger partial charge in [-0.1, -0.05) is 12.1 Å². The van der Waals surface area contributed by atoms with Crippen LogP contribution < -0.4 is 20.1 Å². The molecule has 168 valence electrons. The molecule has 2 aromatic carbocycles. The Balaban J connectivity index is 1.33. The highest BCUT2D eigenvalue weighted by Crippen LogP contribution is 2.36. The first-order valence-electron chi connectivity index (χ1n) is 10.4. The van der Waals surface area contributed by atoms with Crippen LogP contribution in [0.3, 0.4) is 0 Å². The van der Waals surface area contributed by atoms with Gasteiger partial charge in [0.2, 0.25) is 17.7 Å².